The number of carbonyl (C=O) groups excluding carboxylic acids is 1. The number of rotatable bonds is 6. The molecule has 1 heterocycles. The van der Waals surface area contributed by atoms with Crippen LogP contribution in [0.2, 0.25) is 0 Å². The summed E-state index contributed by atoms with van der Waals surface area (Å²) in [5.41, 5.74) is 0. The van der Waals surface area contributed by atoms with Gasteiger partial charge in [0, 0.05) is 6.54 Å². The van der Waals surface area contributed by atoms with Crippen molar-refractivity contribution in [2.45, 2.75) is 44.2 Å². The van der Waals surface area contributed by atoms with Crippen LogP contribution in [0, 0.1) is 0 Å². The first-order chi connectivity index (χ1) is 9.60. The quantitative estimate of drug-likeness (QED) is 0.684. The topological polar surface area (TPSA) is 89.9 Å². The van der Waals surface area contributed by atoms with Gasteiger partial charge in [0.05, 0.1) is 12.6 Å². The second-order valence-corrected chi connectivity index (χ2v) is 5.99. The first-order valence-electron chi connectivity index (χ1n) is 7.00. The molecule has 2 atom stereocenters. The number of amides is 2. The van der Waals surface area contributed by atoms with Crippen molar-refractivity contribution in [1.29, 1.82) is 0 Å². The van der Waals surface area contributed by atoms with Crippen LogP contribution >= 0.6 is 11.8 Å². The Balaban J connectivity index is 2.62. The third kappa shape index (κ3) is 5.20. The van der Waals surface area contributed by atoms with Gasteiger partial charge in [-0.05, 0) is 31.3 Å². The molecule has 116 valence electrons. The summed E-state index contributed by atoms with van der Waals surface area (Å²) in [4.78, 5) is 25.0. The SMILES string of the molecule is CSCC[C@H](NC(=O)N1CCCCCC1CO)C(=O)O. The lowest BCUT2D eigenvalue weighted by atomic mass is 10.1. The standard InChI is InChI=1S/C13H24N2O4S/c1-20-8-6-11(12(17)18)14-13(19)15-7-4-2-3-5-10(15)9-16/h10-11,16H,2-9H2,1H3,(H,14,19)(H,17,18)/t10?,11-/m0/s1. The minimum atomic E-state index is -1.01. The van der Waals surface area contributed by atoms with E-state index in [0.29, 0.717) is 18.7 Å². The number of aliphatic hydroxyl groups excluding tert-OH is 1. The van der Waals surface area contributed by atoms with Gasteiger partial charge < -0.3 is 20.4 Å². The summed E-state index contributed by atoms with van der Waals surface area (Å²) in [6, 6.07) is -1.44. The Morgan fingerprint density at radius 1 is 1.40 bits per heavy atom. The fraction of sp³-hybridized carbons (Fsp3) is 0.846. The normalized spacial score (nSPS) is 21.1. The van der Waals surface area contributed by atoms with Gasteiger partial charge in [0.15, 0.2) is 0 Å². The van der Waals surface area contributed by atoms with Crippen molar-refractivity contribution >= 4 is 23.8 Å². The molecule has 1 aliphatic rings. The number of urea groups is 1. The summed E-state index contributed by atoms with van der Waals surface area (Å²) < 4.78 is 0. The molecule has 1 fully saturated rings. The van der Waals surface area contributed by atoms with Gasteiger partial charge in [0.25, 0.3) is 0 Å². The Labute approximate surface area is 123 Å². The van der Waals surface area contributed by atoms with Gasteiger partial charge >= 0.3 is 12.0 Å². The zero-order chi connectivity index (χ0) is 15.0. The summed E-state index contributed by atoms with van der Waals surface area (Å²) in [6.45, 7) is 0.502. The molecule has 1 saturated heterocycles. The molecule has 0 spiro atoms. The maximum absolute atomic E-state index is 12.2. The van der Waals surface area contributed by atoms with Gasteiger partial charge in [0.1, 0.15) is 6.04 Å². The average molecular weight is 304 g/mol. The van der Waals surface area contributed by atoms with Crippen molar-refractivity contribution in [1.82, 2.24) is 10.2 Å². The van der Waals surface area contributed by atoms with E-state index >= 15 is 0 Å². The van der Waals surface area contributed by atoms with E-state index in [9.17, 15) is 14.7 Å². The van der Waals surface area contributed by atoms with Crippen LogP contribution in [-0.4, -0.2) is 64.4 Å². The van der Waals surface area contributed by atoms with Crippen LogP contribution in [-0.2, 0) is 4.79 Å². The zero-order valence-electron chi connectivity index (χ0n) is 11.9. The number of hydrogen-bond donors (Lipinski definition) is 3. The van der Waals surface area contributed by atoms with Crippen molar-refractivity contribution in [2.24, 2.45) is 0 Å². The van der Waals surface area contributed by atoms with Crippen molar-refractivity contribution in [2.75, 3.05) is 25.2 Å². The molecule has 0 saturated carbocycles. The third-order valence-corrected chi connectivity index (χ3v) is 4.20. The number of nitrogens with zero attached hydrogens (tertiary/aromatic N) is 1. The molecule has 7 heteroatoms. The minimum Gasteiger partial charge on any atom is -0.480 e. The van der Waals surface area contributed by atoms with E-state index in [1.807, 2.05) is 6.26 Å². The second kappa shape index (κ2) is 9.07. The lowest BCUT2D eigenvalue weighted by molar-refractivity contribution is -0.139. The monoisotopic (exact) mass is 304 g/mol. The minimum absolute atomic E-state index is 0.0734. The van der Waals surface area contributed by atoms with E-state index in [1.165, 1.54) is 0 Å². The van der Waals surface area contributed by atoms with Gasteiger partial charge in [-0.25, -0.2) is 9.59 Å². The van der Waals surface area contributed by atoms with Crippen molar-refractivity contribution in [3.8, 4) is 0 Å². The first-order valence-corrected chi connectivity index (χ1v) is 8.39. The average Bonchev–Trinajstić information content (AvgIpc) is 2.67. The van der Waals surface area contributed by atoms with Gasteiger partial charge in [-0.15, -0.1) is 0 Å². The lowest BCUT2D eigenvalue weighted by Crippen LogP contribution is -2.52. The Morgan fingerprint density at radius 2 is 2.15 bits per heavy atom. The summed E-state index contributed by atoms with van der Waals surface area (Å²) in [7, 11) is 0. The van der Waals surface area contributed by atoms with Crippen LogP contribution in [0.15, 0.2) is 0 Å². The third-order valence-electron chi connectivity index (χ3n) is 3.56. The van der Waals surface area contributed by atoms with Crippen LogP contribution in [0.4, 0.5) is 4.79 Å². The number of carbonyl (C=O) groups is 2. The van der Waals surface area contributed by atoms with Crippen molar-refractivity contribution in [3.05, 3.63) is 0 Å². The second-order valence-electron chi connectivity index (χ2n) is 5.00. The number of thioether (sulfide) groups is 1. The molecule has 0 bridgehead atoms. The van der Waals surface area contributed by atoms with Crippen molar-refractivity contribution < 1.29 is 19.8 Å². The number of nitrogens with one attached hydrogen (secondary N) is 1. The molecule has 6 nitrogen and oxygen atoms in total. The predicted octanol–water partition coefficient (Wildman–Crippen LogP) is 1.14. The zero-order valence-corrected chi connectivity index (χ0v) is 12.7. The summed E-state index contributed by atoms with van der Waals surface area (Å²) >= 11 is 1.55. The Hall–Kier alpha value is -0.950. The molecular formula is C13H24N2O4S. The molecule has 0 aromatic heterocycles. The molecule has 1 unspecified atom stereocenters. The Morgan fingerprint density at radius 3 is 2.75 bits per heavy atom. The number of carboxylic acid groups (broad SMARTS) is 1. The highest BCUT2D eigenvalue weighted by molar-refractivity contribution is 7.98. The van der Waals surface area contributed by atoms with E-state index < -0.39 is 12.0 Å². The van der Waals surface area contributed by atoms with E-state index in [1.54, 1.807) is 16.7 Å². The van der Waals surface area contributed by atoms with E-state index in [2.05, 4.69) is 5.32 Å². The summed E-state index contributed by atoms with van der Waals surface area (Å²) in [6.07, 6.45) is 6.00. The van der Waals surface area contributed by atoms with Crippen molar-refractivity contribution in [3.63, 3.8) is 0 Å². The molecule has 0 aliphatic carbocycles. The fourth-order valence-electron chi connectivity index (χ4n) is 2.36. The first kappa shape index (κ1) is 17.1. The molecule has 20 heavy (non-hydrogen) atoms. The molecule has 0 aromatic rings. The largest absolute Gasteiger partial charge is 0.480 e. The van der Waals surface area contributed by atoms with E-state index in [4.69, 9.17) is 5.11 Å². The van der Waals surface area contributed by atoms with E-state index in [0.717, 1.165) is 25.7 Å². The van der Waals surface area contributed by atoms with Gasteiger partial charge in [0.2, 0.25) is 0 Å². The number of carboxylic acids is 1. The maximum atomic E-state index is 12.2. The number of aliphatic carboxylic acids is 1. The van der Waals surface area contributed by atoms with Gasteiger partial charge in [-0.1, -0.05) is 12.8 Å². The number of aliphatic hydroxyl groups is 1. The fourth-order valence-corrected chi connectivity index (χ4v) is 2.83. The summed E-state index contributed by atoms with van der Waals surface area (Å²) in [5, 5.41) is 21.1. The molecular weight excluding hydrogens is 280 g/mol. The Kier molecular flexibility index (Phi) is 7.76. The van der Waals surface area contributed by atoms with Crippen LogP contribution < -0.4 is 5.32 Å². The highest BCUT2D eigenvalue weighted by atomic mass is 32.2. The number of likely N-dealkylation sites (tertiary alicyclic amines) is 1. The molecule has 3 N–H and O–H groups in total. The van der Waals surface area contributed by atoms with E-state index in [-0.39, 0.29) is 18.7 Å². The predicted molar refractivity (Wildman–Crippen MR) is 79.0 cm³/mol. The Bertz CT molecular complexity index is 327. The lowest BCUT2D eigenvalue weighted by Gasteiger charge is -2.30. The highest BCUT2D eigenvalue weighted by Crippen LogP contribution is 2.16. The van der Waals surface area contributed by atoms with Crippen LogP contribution in [0.5, 0.6) is 0 Å². The molecule has 1 aliphatic heterocycles. The summed E-state index contributed by atoms with van der Waals surface area (Å²) in [5.74, 6) is -0.330. The van der Waals surface area contributed by atoms with Crippen LogP contribution in [0.3, 0.4) is 0 Å². The highest BCUT2D eigenvalue weighted by Gasteiger charge is 2.28. The molecule has 0 aromatic carbocycles. The molecule has 2 amide bonds. The van der Waals surface area contributed by atoms with Crippen LogP contribution in [0.25, 0.3) is 0 Å². The molecule has 0 radical (unpaired) electrons. The smallest absolute Gasteiger partial charge is 0.326 e. The number of hydrogen-bond acceptors (Lipinski definition) is 4. The maximum Gasteiger partial charge on any atom is 0.326 e. The van der Waals surface area contributed by atoms with Gasteiger partial charge in [-0.2, -0.15) is 11.8 Å². The van der Waals surface area contributed by atoms with Gasteiger partial charge in [-0.3, -0.25) is 0 Å². The molecule has 1 rings (SSSR count). The van der Waals surface area contributed by atoms with Crippen LogP contribution in [0.1, 0.15) is 32.1 Å².